The van der Waals surface area contributed by atoms with Gasteiger partial charge in [0.1, 0.15) is 12.9 Å². The second-order valence-electron chi connectivity index (χ2n) is 8.70. The number of hydrogen-bond donors (Lipinski definition) is 2. The zero-order valence-corrected chi connectivity index (χ0v) is 20.0. The first-order valence-electron chi connectivity index (χ1n) is 11.5. The van der Waals surface area contributed by atoms with E-state index in [2.05, 4.69) is 62.9 Å². The van der Waals surface area contributed by atoms with Crippen molar-refractivity contribution in [2.75, 3.05) is 26.6 Å². The lowest BCUT2D eigenvalue weighted by Gasteiger charge is -2.45. The molecule has 0 aromatic carbocycles. The molecule has 0 aliphatic carbocycles. The minimum atomic E-state index is -0.647. The molecule has 0 saturated carbocycles. The summed E-state index contributed by atoms with van der Waals surface area (Å²) in [4.78, 5) is 14.0. The highest BCUT2D eigenvalue weighted by molar-refractivity contribution is 5.73. The summed E-state index contributed by atoms with van der Waals surface area (Å²) in [5.41, 5.74) is 0. The Balaban J connectivity index is 2.99. The summed E-state index contributed by atoms with van der Waals surface area (Å²) in [6, 6.07) is 2.16. The van der Waals surface area contributed by atoms with Crippen molar-refractivity contribution in [1.29, 1.82) is 6.69 Å². The molecule has 0 radical (unpaired) electrons. The van der Waals surface area contributed by atoms with Gasteiger partial charge >= 0.3 is 0 Å². The molecule has 1 amide bonds. The molecule has 1 heterocycles. The van der Waals surface area contributed by atoms with Gasteiger partial charge < -0.3 is 29.4 Å². The van der Waals surface area contributed by atoms with Crippen molar-refractivity contribution in [3.05, 3.63) is 0 Å². The third kappa shape index (κ3) is 8.64. The Bertz CT molecular complexity index is 581. The molecule has 31 heavy (non-hydrogen) atoms. The Hall–Kier alpha value is -1.28. The molecule has 0 bridgehead atoms. The molecule has 0 aromatic heterocycles. The molecular formula is C22H41N3O6. The third-order valence-corrected chi connectivity index (χ3v) is 5.78. The number of nitrogens with zero attached hydrogens (tertiary/aromatic N) is 2. The summed E-state index contributed by atoms with van der Waals surface area (Å²) in [7, 11) is 0. The number of nitrogens with one attached hydrogen (secondary N) is 1. The first-order chi connectivity index (χ1) is 15.1. The van der Waals surface area contributed by atoms with Crippen molar-refractivity contribution in [1.82, 2.24) is 10.2 Å². The van der Waals surface area contributed by atoms with E-state index >= 15 is 0 Å². The molecule has 0 aromatic rings. The Morgan fingerprint density at radius 1 is 1.19 bits per heavy atom. The Morgan fingerprint density at radius 2 is 1.87 bits per heavy atom. The second kappa shape index (κ2) is 14.0. The molecule has 1 fully saturated rings. The molecular weight excluding hydrogens is 402 g/mol. The van der Waals surface area contributed by atoms with Gasteiger partial charge in [-0.2, -0.15) is 5.26 Å². The largest absolute Gasteiger partial charge is 0.371 e. The van der Waals surface area contributed by atoms with Crippen LogP contribution in [0.5, 0.6) is 0 Å². The summed E-state index contributed by atoms with van der Waals surface area (Å²) in [6.07, 6.45) is -1.03. The third-order valence-electron chi connectivity index (χ3n) is 5.78. The summed E-state index contributed by atoms with van der Waals surface area (Å²) in [5, 5.41) is 16.1. The molecule has 6 atom stereocenters. The van der Waals surface area contributed by atoms with Crippen LogP contribution in [0.3, 0.4) is 0 Å². The SMILES string of the molecule is [3H]OCOC[C@H]1O[C@@H](COC(OCCC#N)N(C(C)C)C(C)C)[C@H](NC(C)=O)[C@@H](C)[C@@H]1C. The number of hydrogen-bond acceptors (Lipinski definition) is 8. The number of aliphatic hydroxyl groups is 1. The van der Waals surface area contributed by atoms with Gasteiger partial charge in [0, 0.05) is 19.0 Å². The first kappa shape index (κ1) is 26.0. The van der Waals surface area contributed by atoms with Gasteiger partial charge in [-0.25, -0.2) is 0 Å². The van der Waals surface area contributed by atoms with Crippen LogP contribution in [0, 0.1) is 23.2 Å². The van der Waals surface area contributed by atoms with Crippen molar-refractivity contribution >= 4 is 5.91 Å². The standard InChI is InChI=1S/C22H41N3O6/c1-14(2)25(15(3)4)22(29-10-8-9-23)30-12-20-21(24-18(7)27)17(6)16(5)19(31-20)11-28-13-26/h14-17,19-22,26H,8,10-13H2,1-7H3,(H,24,27)/t16-,17-,19+,20-,21+,22?/m0/s1/i26T. The highest BCUT2D eigenvalue weighted by Gasteiger charge is 2.42. The van der Waals surface area contributed by atoms with E-state index in [-0.39, 0.29) is 75.0 Å². The molecule has 1 saturated heterocycles. The molecule has 9 nitrogen and oxygen atoms in total. The van der Waals surface area contributed by atoms with Crippen molar-refractivity contribution in [2.24, 2.45) is 11.8 Å². The fourth-order valence-electron chi connectivity index (χ4n) is 4.08. The number of ether oxygens (including phenoxy) is 4. The van der Waals surface area contributed by atoms with E-state index in [1.54, 1.807) is 0 Å². The summed E-state index contributed by atoms with van der Waals surface area (Å²) < 4.78 is 30.6. The second-order valence-corrected chi connectivity index (χ2v) is 8.70. The lowest BCUT2D eigenvalue weighted by atomic mass is 9.80. The van der Waals surface area contributed by atoms with Crippen LogP contribution < -0.4 is 5.32 Å². The van der Waals surface area contributed by atoms with Crippen molar-refractivity contribution in [2.45, 2.75) is 91.6 Å². The average Bonchev–Trinajstić information content (AvgIpc) is 2.71. The van der Waals surface area contributed by atoms with Gasteiger partial charge in [0.15, 0.2) is 0 Å². The van der Waals surface area contributed by atoms with Crippen LogP contribution in [0.15, 0.2) is 0 Å². The number of nitriles is 1. The van der Waals surface area contributed by atoms with Crippen LogP contribution in [0.2, 0.25) is 0 Å². The molecule has 1 aliphatic rings. The highest BCUT2D eigenvalue weighted by Crippen LogP contribution is 2.31. The number of carbonyl (C=O) groups is 1. The molecule has 180 valence electrons. The first-order valence-corrected chi connectivity index (χ1v) is 11.1. The zero-order chi connectivity index (χ0) is 24.3. The molecule has 2 N–H and O–H groups in total. The highest BCUT2D eigenvalue weighted by atomic mass is 16.7. The normalized spacial score (nSPS) is 27.9. The summed E-state index contributed by atoms with van der Waals surface area (Å²) >= 11 is 0. The molecule has 0 spiro atoms. The predicted octanol–water partition coefficient (Wildman–Crippen LogP) is 1.85. The van der Waals surface area contributed by atoms with E-state index in [0.717, 1.165) is 0 Å². The van der Waals surface area contributed by atoms with Gasteiger partial charge in [-0.3, -0.25) is 9.69 Å². The van der Waals surface area contributed by atoms with Gasteiger partial charge in [-0.15, -0.1) is 0 Å². The fraction of sp³-hybridized carbons (Fsp3) is 0.909. The Morgan fingerprint density at radius 3 is 2.42 bits per heavy atom. The summed E-state index contributed by atoms with van der Waals surface area (Å²) in [6.45, 7) is 14.5. The zero-order valence-electron chi connectivity index (χ0n) is 21.0. The number of aliphatic hydroxyl groups excluding tert-OH is 1. The average molecular weight is 446 g/mol. The maximum Gasteiger partial charge on any atom is 0.219 e. The number of rotatable bonds is 14. The minimum Gasteiger partial charge on any atom is -0.371 e. The lowest BCUT2D eigenvalue weighted by Crippen LogP contribution is -2.59. The number of amides is 1. The van der Waals surface area contributed by atoms with Crippen LogP contribution in [-0.4, -0.2) is 80.7 Å². The van der Waals surface area contributed by atoms with Crippen LogP contribution in [0.4, 0.5) is 0 Å². The Labute approximate surface area is 188 Å². The van der Waals surface area contributed by atoms with Gasteiger partial charge in [-0.1, -0.05) is 13.8 Å². The summed E-state index contributed by atoms with van der Waals surface area (Å²) in [5.74, 6) is 0.0862. The van der Waals surface area contributed by atoms with Gasteiger partial charge in [0.05, 0.1) is 44.5 Å². The predicted molar refractivity (Wildman–Crippen MR) is 116 cm³/mol. The van der Waals surface area contributed by atoms with Gasteiger partial charge in [0.2, 0.25) is 13.8 Å². The van der Waals surface area contributed by atoms with E-state index < -0.39 is 12.5 Å². The van der Waals surface area contributed by atoms with Crippen LogP contribution in [0.25, 0.3) is 0 Å². The van der Waals surface area contributed by atoms with E-state index in [4.69, 9.17) is 25.6 Å². The quantitative estimate of drug-likeness (QED) is 0.308. The van der Waals surface area contributed by atoms with E-state index in [0.29, 0.717) is 0 Å². The van der Waals surface area contributed by atoms with Crippen LogP contribution in [-0.2, 0) is 23.7 Å². The lowest BCUT2D eigenvalue weighted by molar-refractivity contribution is -0.262. The monoisotopic (exact) mass is 445 g/mol. The van der Waals surface area contributed by atoms with Gasteiger partial charge in [0.25, 0.3) is 0 Å². The van der Waals surface area contributed by atoms with E-state index in [1.165, 1.54) is 6.92 Å². The van der Waals surface area contributed by atoms with Crippen LogP contribution >= 0.6 is 0 Å². The molecule has 1 aliphatic heterocycles. The smallest absolute Gasteiger partial charge is 0.219 e. The van der Waals surface area contributed by atoms with Gasteiger partial charge in [-0.05, 0) is 39.5 Å². The Kier molecular flexibility index (Phi) is 11.7. The molecule has 1 rings (SSSR count). The molecule has 9 heteroatoms. The van der Waals surface area contributed by atoms with E-state index in [9.17, 15) is 4.79 Å². The van der Waals surface area contributed by atoms with E-state index in [1.807, 2.05) is 0 Å². The van der Waals surface area contributed by atoms with Crippen LogP contribution in [0.1, 0.15) is 54.9 Å². The topological polar surface area (TPSA) is 113 Å². The molecule has 1 unspecified atom stereocenters. The van der Waals surface area contributed by atoms with Crippen molar-refractivity contribution in [3.63, 3.8) is 0 Å². The maximum absolute atomic E-state index is 11.9. The number of carbonyl (C=O) groups excluding carboxylic acids is 1. The minimum absolute atomic E-state index is 0.107. The van der Waals surface area contributed by atoms with Crippen molar-refractivity contribution < 1.29 is 28.9 Å². The maximum atomic E-state index is 11.9. The fourth-order valence-corrected chi connectivity index (χ4v) is 4.08. The van der Waals surface area contributed by atoms with Crippen molar-refractivity contribution in [3.8, 4) is 6.07 Å².